The highest BCUT2D eigenvalue weighted by Gasteiger charge is 2.56. The average Bonchev–Trinajstić information content (AvgIpc) is 3.56. The number of amides is 2. The molecule has 0 saturated carbocycles. The Morgan fingerprint density at radius 2 is 1.87 bits per heavy atom. The third-order valence-electron chi connectivity index (χ3n) is 9.32. The van der Waals surface area contributed by atoms with Gasteiger partial charge in [-0.3, -0.25) is 24.2 Å². The van der Waals surface area contributed by atoms with Crippen LogP contribution in [0.2, 0.25) is 5.02 Å². The van der Waals surface area contributed by atoms with Crippen LogP contribution < -0.4 is 16.5 Å². The monoisotopic (exact) mass is 819 g/mol. The number of aromatic nitrogens is 2. The number of carboxylic acid groups (broad SMARTS) is 2. The molecule has 7 N–H and O–H groups in total. The van der Waals surface area contributed by atoms with Gasteiger partial charge in [-0.15, -0.1) is 23.1 Å². The molecule has 55 heavy (non-hydrogen) atoms. The number of fused-ring (bicyclic) bond motifs is 2. The van der Waals surface area contributed by atoms with E-state index in [4.69, 9.17) is 22.2 Å². The molecule has 20 heteroatoms. The molecule has 1 fully saturated rings. The number of thiazole rings is 1. The van der Waals surface area contributed by atoms with Crippen LogP contribution in [-0.4, -0.2) is 105 Å². The number of nitrogens with two attached hydrogens (primary N) is 1. The first kappa shape index (κ1) is 41.3. The minimum Gasteiger partial charge on any atom is -0.504 e. The van der Waals surface area contributed by atoms with Crippen molar-refractivity contribution in [3.8, 4) is 11.5 Å². The first-order valence-corrected chi connectivity index (χ1v) is 19.6. The van der Waals surface area contributed by atoms with Crippen molar-refractivity contribution in [2.75, 3.05) is 18.8 Å². The quantitative estimate of drug-likeness (QED) is 0.0398. The second-order valence-corrected chi connectivity index (χ2v) is 16.3. The second kappa shape index (κ2) is 16.5. The number of β-lactam (4-membered cyclic amide) rings is 1. The number of rotatable bonds is 16. The topological polar surface area (TPSA) is 250 Å². The SMILES string of the molecule is CCCCCN(CC1=C(C(=O)O)N2C(=O)[C@@H](NC(=O)/C(=N\OC(C)(C)C(=O)O)c3csc(N)n3)[C@H]2S[C@H]1C)Cc1cn(CC)c2cc(O)c(O)c(Cl)c2c1=O. The van der Waals surface area contributed by atoms with Crippen LogP contribution in [0.3, 0.4) is 0 Å². The number of phenols is 2. The molecule has 3 atom stereocenters. The van der Waals surface area contributed by atoms with Gasteiger partial charge in [0.25, 0.3) is 11.8 Å². The van der Waals surface area contributed by atoms with Crippen LogP contribution in [0.1, 0.15) is 65.1 Å². The van der Waals surface area contributed by atoms with E-state index in [1.165, 1.54) is 37.1 Å². The summed E-state index contributed by atoms with van der Waals surface area (Å²) in [6, 6.07) is 0.109. The summed E-state index contributed by atoms with van der Waals surface area (Å²) in [5.74, 6) is -5.36. The maximum Gasteiger partial charge on any atom is 0.352 e. The predicted octanol–water partition coefficient (Wildman–Crippen LogP) is 3.53. The highest BCUT2D eigenvalue weighted by molar-refractivity contribution is 8.00. The van der Waals surface area contributed by atoms with Crippen LogP contribution in [-0.2, 0) is 37.1 Å². The van der Waals surface area contributed by atoms with Crippen LogP contribution in [0.4, 0.5) is 5.13 Å². The summed E-state index contributed by atoms with van der Waals surface area (Å²) >= 11 is 8.65. The van der Waals surface area contributed by atoms with Gasteiger partial charge in [0.15, 0.2) is 27.8 Å². The number of aromatic hydroxyl groups is 2. The number of nitrogens with zero attached hydrogens (tertiary/aromatic N) is 5. The number of carbonyl (C=O) groups is 4. The number of unbranched alkanes of at least 4 members (excludes halogenated alkanes) is 2. The van der Waals surface area contributed by atoms with Crippen molar-refractivity contribution in [1.29, 1.82) is 0 Å². The third kappa shape index (κ3) is 8.24. The van der Waals surface area contributed by atoms with E-state index in [-0.39, 0.29) is 40.0 Å². The van der Waals surface area contributed by atoms with Crippen molar-refractivity contribution in [3.63, 3.8) is 0 Å². The molecule has 0 unspecified atom stereocenters. The smallest absolute Gasteiger partial charge is 0.352 e. The Hall–Kier alpha value is -4.85. The molecular weight excluding hydrogens is 778 g/mol. The number of benzene rings is 1. The Balaban J connectivity index is 1.45. The van der Waals surface area contributed by atoms with E-state index < -0.39 is 68.7 Å². The number of nitrogen functional groups attached to an aromatic ring is 1. The van der Waals surface area contributed by atoms with Gasteiger partial charge in [0, 0.05) is 48.1 Å². The van der Waals surface area contributed by atoms with Crippen LogP contribution >= 0.6 is 34.7 Å². The Bertz CT molecular complexity index is 2170. The Kier molecular flexibility index (Phi) is 12.4. The summed E-state index contributed by atoms with van der Waals surface area (Å²) in [4.78, 5) is 77.9. The Morgan fingerprint density at radius 1 is 1.16 bits per heavy atom. The molecule has 2 aliphatic rings. The zero-order valence-electron chi connectivity index (χ0n) is 30.7. The van der Waals surface area contributed by atoms with Gasteiger partial charge in [0.2, 0.25) is 5.60 Å². The lowest BCUT2D eigenvalue weighted by atomic mass is 9.99. The highest BCUT2D eigenvalue weighted by Crippen LogP contribution is 2.44. The summed E-state index contributed by atoms with van der Waals surface area (Å²) in [7, 11) is 0. The normalized spacial score (nSPS) is 18.7. The molecule has 1 saturated heterocycles. The molecule has 1 aromatic carbocycles. The van der Waals surface area contributed by atoms with Crippen molar-refractivity contribution in [2.24, 2.45) is 5.16 Å². The van der Waals surface area contributed by atoms with E-state index in [0.29, 0.717) is 29.7 Å². The number of aryl methyl sites for hydroxylation is 1. The fraction of sp³-hybridized carbons (Fsp3) is 0.457. The second-order valence-electron chi connectivity index (χ2n) is 13.6. The van der Waals surface area contributed by atoms with Crippen LogP contribution in [0, 0.1) is 0 Å². The summed E-state index contributed by atoms with van der Waals surface area (Å²) < 4.78 is 1.73. The molecular formula is C35H42ClN7O10S2. The number of hydrogen-bond acceptors (Lipinski definition) is 14. The van der Waals surface area contributed by atoms with Gasteiger partial charge in [-0.25, -0.2) is 14.6 Å². The van der Waals surface area contributed by atoms with E-state index in [1.54, 1.807) is 17.7 Å². The summed E-state index contributed by atoms with van der Waals surface area (Å²) in [5.41, 5.74) is 3.94. The zero-order chi connectivity index (χ0) is 40.5. The lowest BCUT2D eigenvalue weighted by Crippen LogP contribution is -2.71. The van der Waals surface area contributed by atoms with Crippen molar-refractivity contribution < 1.29 is 44.4 Å². The van der Waals surface area contributed by atoms with Crippen LogP contribution in [0.25, 0.3) is 10.9 Å². The summed E-state index contributed by atoms with van der Waals surface area (Å²) in [5, 5.41) is 46.9. The molecule has 0 radical (unpaired) electrons. The molecule has 0 aliphatic carbocycles. The third-order valence-corrected chi connectivity index (χ3v) is 11.8. The molecule has 2 aromatic heterocycles. The first-order valence-electron chi connectivity index (χ1n) is 17.4. The number of carboxylic acids is 2. The molecule has 0 spiro atoms. The molecule has 3 aromatic rings. The molecule has 4 heterocycles. The first-order chi connectivity index (χ1) is 25.9. The van der Waals surface area contributed by atoms with Gasteiger partial charge in [-0.1, -0.05) is 36.5 Å². The predicted molar refractivity (Wildman–Crippen MR) is 207 cm³/mol. The standard InChI is InChI=1S/C35H42ClN7O10S2/c1-6-8-9-10-41(12-17-13-42(7-2)20-11-21(44)28(46)23(36)22(20)27(17)45)14-18-16(3)55-31-25(30(48)43(31)26(18)32(49)50)39-29(47)24(19-15-54-34(37)38-19)40-53-35(4,5)33(51)52/h11,13,15-16,25,31,44,46H,6-10,12,14H2,1-5H3,(H2,37,38)(H,39,47)(H,49,50)(H,51,52)/b40-24-/t16-,25+,31+/m0/s1. The van der Waals surface area contributed by atoms with Crippen molar-refractivity contribution in [3.05, 3.63) is 55.4 Å². The maximum atomic E-state index is 13.8. The molecule has 296 valence electrons. The average molecular weight is 820 g/mol. The Morgan fingerprint density at radius 3 is 2.47 bits per heavy atom. The fourth-order valence-corrected chi connectivity index (χ4v) is 8.52. The molecule has 0 bridgehead atoms. The maximum absolute atomic E-state index is 13.8. The van der Waals surface area contributed by atoms with E-state index in [2.05, 4.69) is 15.5 Å². The van der Waals surface area contributed by atoms with Gasteiger partial charge in [0.1, 0.15) is 22.8 Å². The number of thioether (sulfide) groups is 1. The number of halogens is 1. The number of aliphatic carboxylic acids is 2. The minimum atomic E-state index is -1.81. The molecule has 5 rings (SSSR count). The van der Waals surface area contributed by atoms with Gasteiger partial charge in [0.05, 0.1) is 15.9 Å². The summed E-state index contributed by atoms with van der Waals surface area (Å²) in [6.07, 6.45) is 4.17. The van der Waals surface area contributed by atoms with Crippen LogP contribution in [0.15, 0.2) is 38.9 Å². The van der Waals surface area contributed by atoms with Crippen LogP contribution in [0.5, 0.6) is 11.5 Å². The Labute approximate surface area is 328 Å². The van der Waals surface area contributed by atoms with E-state index in [0.717, 1.165) is 35.5 Å². The number of anilines is 1. The molecule has 2 amide bonds. The molecule has 17 nitrogen and oxygen atoms in total. The van der Waals surface area contributed by atoms with Gasteiger partial charge < -0.3 is 40.9 Å². The van der Waals surface area contributed by atoms with E-state index in [1.807, 2.05) is 18.7 Å². The van der Waals surface area contributed by atoms with Crippen molar-refractivity contribution in [2.45, 2.75) is 89.2 Å². The van der Waals surface area contributed by atoms with Gasteiger partial charge in [-0.2, -0.15) is 0 Å². The van der Waals surface area contributed by atoms with Gasteiger partial charge in [-0.05, 0) is 46.2 Å². The lowest BCUT2D eigenvalue weighted by Gasteiger charge is -2.51. The number of phenolic OH excluding ortho intramolecular Hbond substituents is 2. The highest BCUT2D eigenvalue weighted by atomic mass is 35.5. The fourth-order valence-electron chi connectivity index (χ4n) is 6.25. The number of hydrogen-bond donors (Lipinski definition) is 6. The number of carbonyl (C=O) groups excluding carboxylic acids is 2. The largest absolute Gasteiger partial charge is 0.504 e. The van der Waals surface area contributed by atoms with E-state index in [9.17, 15) is 44.4 Å². The molecule has 2 aliphatic heterocycles. The van der Waals surface area contributed by atoms with Crippen molar-refractivity contribution in [1.82, 2.24) is 24.7 Å². The summed E-state index contributed by atoms with van der Waals surface area (Å²) in [6.45, 7) is 9.23. The number of nitrogens with one attached hydrogen (secondary N) is 1. The number of oxime groups is 1. The number of pyridine rings is 1. The lowest BCUT2D eigenvalue weighted by molar-refractivity contribution is -0.161. The van der Waals surface area contributed by atoms with Crippen molar-refractivity contribution >= 4 is 80.2 Å². The zero-order valence-corrected chi connectivity index (χ0v) is 33.0. The minimum absolute atomic E-state index is 0.0135. The van der Waals surface area contributed by atoms with Gasteiger partial charge >= 0.3 is 11.9 Å². The van der Waals surface area contributed by atoms with E-state index >= 15 is 0 Å².